The topological polar surface area (TPSA) is 113 Å². The smallest absolute Gasteiger partial charge is 0.394 e. The summed E-state index contributed by atoms with van der Waals surface area (Å²) < 4.78 is 6.91. The van der Waals surface area contributed by atoms with E-state index >= 15 is 0 Å². The highest BCUT2D eigenvalue weighted by molar-refractivity contribution is 9.11. The van der Waals surface area contributed by atoms with Crippen molar-refractivity contribution >= 4 is 55.2 Å². The van der Waals surface area contributed by atoms with Crippen LogP contribution < -0.4 is 10.1 Å². The highest BCUT2D eigenvalue weighted by Crippen LogP contribution is 2.42. The first-order valence-corrected chi connectivity index (χ1v) is 11.3. The Morgan fingerprint density at radius 2 is 1.58 bits per heavy atom. The molecular formula is C24H19Br2NO6. The van der Waals surface area contributed by atoms with Gasteiger partial charge in [0.25, 0.3) is 0 Å². The molecule has 0 saturated carbocycles. The third-order valence-electron chi connectivity index (χ3n) is 4.69. The molecule has 0 fully saturated rings. The lowest BCUT2D eigenvalue weighted by molar-refractivity contribution is -0.147. The van der Waals surface area contributed by atoms with Crippen molar-refractivity contribution in [2.75, 3.05) is 5.32 Å². The predicted octanol–water partition coefficient (Wildman–Crippen LogP) is 6.09. The molecule has 0 atom stereocenters. The van der Waals surface area contributed by atoms with Gasteiger partial charge in [-0.15, -0.1) is 0 Å². The Bertz CT molecular complexity index is 1220. The van der Waals surface area contributed by atoms with Crippen LogP contribution in [0.15, 0.2) is 63.5 Å². The van der Waals surface area contributed by atoms with Gasteiger partial charge in [0.1, 0.15) is 11.5 Å². The number of nitrogens with one attached hydrogen (secondary N) is 1. The van der Waals surface area contributed by atoms with Crippen LogP contribution in [0.2, 0.25) is 0 Å². The number of hydrogen-bond acceptors (Lipinski definition) is 5. The van der Waals surface area contributed by atoms with Crippen LogP contribution in [0, 0.1) is 0 Å². The Morgan fingerprint density at radius 1 is 0.970 bits per heavy atom. The molecule has 3 N–H and O–H groups in total. The van der Waals surface area contributed by atoms with Gasteiger partial charge in [0.15, 0.2) is 11.5 Å². The molecule has 0 radical (unpaired) electrons. The molecule has 0 bridgehead atoms. The first-order valence-electron chi connectivity index (χ1n) is 9.76. The van der Waals surface area contributed by atoms with Crippen molar-refractivity contribution in [3.8, 4) is 17.2 Å². The van der Waals surface area contributed by atoms with Crippen LogP contribution >= 0.6 is 31.9 Å². The van der Waals surface area contributed by atoms with E-state index in [0.717, 1.165) is 0 Å². The Kier molecular flexibility index (Phi) is 7.55. The minimum atomic E-state index is -1.61. The number of carboxylic acids is 1. The molecule has 3 aromatic rings. The summed E-state index contributed by atoms with van der Waals surface area (Å²) in [6, 6.07) is 14.6. The summed E-state index contributed by atoms with van der Waals surface area (Å²) in [4.78, 5) is 35.4. The molecule has 7 nitrogen and oxygen atoms in total. The second kappa shape index (κ2) is 10.2. The van der Waals surface area contributed by atoms with Crippen molar-refractivity contribution in [1.82, 2.24) is 0 Å². The standard InChI is InChI=1S/C24H19Br2NO6/c1-12(2)15-11-20(16(10-19(15)28)21(29)13-6-4-3-5-7-13)33-22-17(25)8-14(9-18(22)26)27-23(30)24(31)32/h3-12,28H,1-2H3,(H,27,30)(H,31,32). The number of aromatic hydroxyl groups is 1. The minimum Gasteiger partial charge on any atom is -0.508 e. The summed E-state index contributed by atoms with van der Waals surface area (Å²) in [6.07, 6.45) is 0. The van der Waals surface area contributed by atoms with Crippen molar-refractivity contribution in [3.05, 3.63) is 80.2 Å². The third kappa shape index (κ3) is 5.61. The fourth-order valence-electron chi connectivity index (χ4n) is 3.08. The van der Waals surface area contributed by atoms with Gasteiger partial charge in [-0.05, 0) is 62.0 Å². The molecule has 0 aliphatic rings. The zero-order valence-electron chi connectivity index (χ0n) is 17.6. The molecule has 170 valence electrons. The van der Waals surface area contributed by atoms with Crippen LogP contribution in [0.25, 0.3) is 0 Å². The predicted molar refractivity (Wildman–Crippen MR) is 130 cm³/mol. The highest BCUT2D eigenvalue weighted by atomic mass is 79.9. The van der Waals surface area contributed by atoms with Gasteiger partial charge in [0.05, 0.1) is 14.5 Å². The number of anilines is 1. The third-order valence-corrected chi connectivity index (χ3v) is 5.87. The summed E-state index contributed by atoms with van der Waals surface area (Å²) in [5, 5.41) is 21.6. The molecule has 9 heteroatoms. The molecule has 0 unspecified atom stereocenters. The molecule has 3 aromatic carbocycles. The second-order valence-corrected chi connectivity index (χ2v) is 9.10. The number of ether oxygens (including phenoxy) is 1. The molecule has 33 heavy (non-hydrogen) atoms. The number of aliphatic carboxylic acids is 1. The number of carbonyl (C=O) groups excluding carboxylic acids is 2. The van der Waals surface area contributed by atoms with Crippen LogP contribution in [-0.4, -0.2) is 27.9 Å². The first kappa shape index (κ1) is 24.5. The number of hydrogen-bond donors (Lipinski definition) is 3. The number of rotatable bonds is 6. The monoisotopic (exact) mass is 575 g/mol. The van der Waals surface area contributed by atoms with Gasteiger partial charge in [0.2, 0.25) is 0 Å². The summed E-state index contributed by atoms with van der Waals surface area (Å²) in [5.41, 5.74) is 1.43. The molecule has 0 heterocycles. The molecule has 0 spiro atoms. The van der Waals surface area contributed by atoms with Gasteiger partial charge in [-0.25, -0.2) is 4.79 Å². The lowest BCUT2D eigenvalue weighted by Gasteiger charge is -2.18. The number of halogens is 2. The zero-order chi connectivity index (χ0) is 24.3. The van der Waals surface area contributed by atoms with E-state index in [1.165, 1.54) is 18.2 Å². The molecule has 0 aromatic heterocycles. The summed E-state index contributed by atoms with van der Waals surface area (Å²) in [7, 11) is 0. The summed E-state index contributed by atoms with van der Waals surface area (Å²) >= 11 is 6.73. The van der Waals surface area contributed by atoms with Gasteiger partial charge >= 0.3 is 11.9 Å². The van der Waals surface area contributed by atoms with Crippen LogP contribution in [0.5, 0.6) is 17.2 Å². The molecule has 0 aliphatic carbocycles. The first-order chi connectivity index (χ1) is 15.6. The van der Waals surface area contributed by atoms with E-state index in [-0.39, 0.29) is 34.5 Å². The summed E-state index contributed by atoms with van der Waals surface area (Å²) in [6.45, 7) is 3.81. The fourth-order valence-corrected chi connectivity index (χ4v) is 4.43. The van der Waals surface area contributed by atoms with Crippen LogP contribution in [0.3, 0.4) is 0 Å². The largest absolute Gasteiger partial charge is 0.508 e. The van der Waals surface area contributed by atoms with E-state index in [9.17, 15) is 19.5 Å². The quantitative estimate of drug-likeness (QED) is 0.242. The van der Waals surface area contributed by atoms with E-state index in [2.05, 4.69) is 37.2 Å². The van der Waals surface area contributed by atoms with Gasteiger partial charge in [-0.3, -0.25) is 9.59 Å². The Labute approximate surface area is 206 Å². The number of ketones is 1. The summed E-state index contributed by atoms with van der Waals surface area (Å²) in [5.74, 6) is -2.64. The number of amides is 1. The van der Waals surface area contributed by atoms with Gasteiger partial charge in [-0.1, -0.05) is 44.2 Å². The molecule has 1 amide bonds. The average Bonchev–Trinajstić information content (AvgIpc) is 2.76. The van der Waals surface area contributed by atoms with E-state index in [1.54, 1.807) is 36.4 Å². The van der Waals surface area contributed by atoms with Crippen molar-refractivity contribution in [2.45, 2.75) is 19.8 Å². The van der Waals surface area contributed by atoms with Gasteiger partial charge in [0, 0.05) is 16.8 Å². The van der Waals surface area contributed by atoms with E-state index in [1.807, 2.05) is 13.8 Å². The van der Waals surface area contributed by atoms with E-state index in [4.69, 9.17) is 9.84 Å². The van der Waals surface area contributed by atoms with E-state index in [0.29, 0.717) is 25.8 Å². The van der Waals surface area contributed by atoms with Gasteiger partial charge in [-0.2, -0.15) is 0 Å². The normalized spacial score (nSPS) is 10.7. The molecular weight excluding hydrogens is 558 g/mol. The lowest BCUT2D eigenvalue weighted by Crippen LogP contribution is -2.21. The SMILES string of the molecule is CC(C)c1cc(Oc2c(Br)cc(NC(=O)C(=O)O)cc2Br)c(C(=O)c2ccccc2)cc1O. The van der Waals surface area contributed by atoms with Crippen molar-refractivity contribution in [1.29, 1.82) is 0 Å². The number of carboxylic acid groups (broad SMARTS) is 1. The van der Waals surface area contributed by atoms with Crippen molar-refractivity contribution in [3.63, 3.8) is 0 Å². The molecule has 0 aliphatic heterocycles. The maximum Gasteiger partial charge on any atom is 0.394 e. The molecule has 3 rings (SSSR count). The maximum absolute atomic E-state index is 13.2. The number of phenolic OH excluding ortho intramolecular Hbond substituents is 1. The molecule has 0 saturated heterocycles. The number of phenols is 1. The average molecular weight is 577 g/mol. The van der Waals surface area contributed by atoms with Crippen LogP contribution in [0.4, 0.5) is 5.69 Å². The zero-order valence-corrected chi connectivity index (χ0v) is 20.7. The van der Waals surface area contributed by atoms with Crippen LogP contribution in [-0.2, 0) is 9.59 Å². The Hall–Kier alpha value is -3.17. The van der Waals surface area contributed by atoms with Crippen LogP contribution in [0.1, 0.15) is 41.3 Å². The van der Waals surface area contributed by atoms with Crippen molar-refractivity contribution < 1.29 is 29.3 Å². The minimum absolute atomic E-state index is 0.0125. The lowest BCUT2D eigenvalue weighted by atomic mass is 9.96. The Balaban J connectivity index is 2.07. The number of benzene rings is 3. The van der Waals surface area contributed by atoms with E-state index < -0.39 is 11.9 Å². The number of carbonyl (C=O) groups is 3. The Morgan fingerprint density at radius 3 is 2.12 bits per heavy atom. The van der Waals surface area contributed by atoms with Crippen molar-refractivity contribution in [2.24, 2.45) is 0 Å². The fraction of sp³-hybridized carbons (Fsp3) is 0.125. The second-order valence-electron chi connectivity index (χ2n) is 7.39. The maximum atomic E-state index is 13.2. The highest BCUT2D eigenvalue weighted by Gasteiger charge is 2.22. The van der Waals surface area contributed by atoms with Gasteiger partial charge < -0.3 is 20.3 Å².